The molecule has 0 bridgehead atoms. The zero-order valence-electron chi connectivity index (χ0n) is 8.45. The molecule has 0 saturated carbocycles. The molecule has 0 aliphatic carbocycles. The fourth-order valence-corrected chi connectivity index (χ4v) is 1.91. The first-order valence-electron chi connectivity index (χ1n) is 4.53. The number of halogens is 1. The van der Waals surface area contributed by atoms with Gasteiger partial charge in [0.1, 0.15) is 0 Å². The Morgan fingerprint density at radius 3 is 3.06 bits per heavy atom. The lowest BCUT2D eigenvalue weighted by Gasteiger charge is -2.01. The summed E-state index contributed by atoms with van der Waals surface area (Å²) in [6.07, 6.45) is 4.97. The Labute approximate surface area is 109 Å². The number of hydrogen-bond donors (Lipinski definition) is 1. The molecule has 2 aromatic rings. The molecule has 0 aliphatic heterocycles. The van der Waals surface area contributed by atoms with Gasteiger partial charge in [-0.05, 0) is 15.9 Å². The lowest BCUT2D eigenvalue weighted by molar-refractivity contribution is -0.133. The molecule has 0 unspecified atom stereocenters. The highest BCUT2D eigenvalue weighted by atomic mass is 79.9. The average molecular weight is 315 g/mol. The van der Waals surface area contributed by atoms with Crippen LogP contribution in [0.2, 0.25) is 0 Å². The van der Waals surface area contributed by atoms with E-state index >= 15 is 0 Å². The first-order valence-corrected chi connectivity index (χ1v) is 6.31. The summed E-state index contributed by atoms with van der Waals surface area (Å²) in [5, 5.41) is 13.1. The van der Waals surface area contributed by atoms with E-state index in [0.717, 1.165) is 16.2 Å². The Balaban J connectivity index is 2.19. The van der Waals surface area contributed by atoms with Gasteiger partial charge in [0.05, 0.1) is 16.4 Å². The molecule has 0 aliphatic rings. The van der Waals surface area contributed by atoms with Gasteiger partial charge in [-0.3, -0.25) is 4.79 Å². The molecule has 6 nitrogen and oxygen atoms in total. The quantitative estimate of drug-likeness (QED) is 0.682. The predicted molar refractivity (Wildman–Crippen MR) is 65.2 cm³/mol. The molecule has 2 rings (SSSR count). The number of rotatable bonds is 4. The smallest absolute Gasteiger partial charge is 0.313 e. The van der Waals surface area contributed by atoms with E-state index in [1.807, 2.05) is 0 Å². The second-order valence-electron chi connectivity index (χ2n) is 2.98. The summed E-state index contributed by atoms with van der Waals surface area (Å²) < 4.78 is 2.42. The summed E-state index contributed by atoms with van der Waals surface area (Å²) in [7, 11) is 0. The molecular formula is C9H7BrN4O2S. The van der Waals surface area contributed by atoms with Crippen molar-refractivity contribution in [1.82, 2.24) is 19.7 Å². The Morgan fingerprint density at radius 2 is 2.41 bits per heavy atom. The normalized spacial score (nSPS) is 10.4. The van der Waals surface area contributed by atoms with Crippen molar-refractivity contribution in [1.29, 1.82) is 0 Å². The first kappa shape index (κ1) is 12.1. The first-order chi connectivity index (χ1) is 8.15. The van der Waals surface area contributed by atoms with Crippen molar-refractivity contribution in [3.63, 3.8) is 0 Å². The second-order valence-corrected chi connectivity index (χ2v) is 4.84. The van der Waals surface area contributed by atoms with E-state index in [4.69, 9.17) is 5.11 Å². The van der Waals surface area contributed by atoms with Gasteiger partial charge in [0.15, 0.2) is 11.0 Å². The van der Waals surface area contributed by atoms with Crippen LogP contribution >= 0.6 is 27.7 Å². The predicted octanol–water partition coefficient (Wildman–Crippen LogP) is 1.60. The molecule has 0 aromatic carbocycles. The standard InChI is InChI=1S/C9H7BrN4O2S/c10-6-3-12-14(4-6)7-1-2-11-9(13-7)17-5-8(15)16/h1-4H,5H2,(H,15,16). The highest BCUT2D eigenvalue weighted by molar-refractivity contribution is 9.10. The maximum absolute atomic E-state index is 10.4. The topological polar surface area (TPSA) is 80.9 Å². The number of carbonyl (C=O) groups is 1. The van der Waals surface area contributed by atoms with Gasteiger partial charge in [0.25, 0.3) is 0 Å². The Hall–Kier alpha value is -1.41. The number of carboxylic acids is 1. The molecule has 0 saturated heterocycles. The summed E-state index contributed by atoms with van der Waals surface area (Å²) >= 11 is 4.36. The van der Waals surface area contributed by atoms with E-state index < -0.39 is 5.97 Å². The van der Waals surface area contributed by atoms with Crippen molar-refractivity contribution in [2.75, 3.05) is 5.75 Å². The van der Waals surface area contributed by atoms with Crippen LogP contribution in [-0.4, -0.2) is 36.6 Å². The molecule has 88 valence electrons. The number of hydrogen-bond acceptors (Lipinski definition) is 5. The molecule has 0 amide bonds. The zero-order valence-corrected chi connectivity index (χ0v) is 10.8. The van der Waals surface area contributed by atoms with Crippen LogP contribution in [-0.2, 0) is 4.79 Å². The third-order valence-electron chi connectivity index (χ3n) is 1.73. The van der Waals surface area contributed by atoms with E-state index in [0.29, 0.717) is 11.0 Å². The van der Waals surface area contributed by atoms with E-state index in [1.54, 1.807) is 29.3 Å². The number of aromatic nitrogens is 4. The van der Waals surface area contributed by atoms with Crippen LogP contribution in [0.25, 0.3) is 5.82 Å². The summed E-state index contributed by atoms with van der Waals surface area (Å²) in [5.74, 6) is -0.365. The fraction of sp³-hybridized carbons (Fsp3) is 0.111. The molecule has 2 aromatic heterocycles. The van der Waals surface area contributed by atoms with Gasteiger partial charge >= 0.3 is 5.97 Å². The molecule has 0 atom stereocenters. The van der Waals surface area contributed by atoms with Crippen LogP contribution in [0, 0.1) is 0 Å². The summed E-state index contributed by atoms with van der Waals surface area (Å²) in [6, 6.07) is 1.70. The SMILES string of the molecule is O=C(O)CSc1nccc(-n2cc(Br)cn2)n1. The summed E-state index contributed by atoms with van der Waals surface area (Å²) in [6.45, 7) is 0. The average Bonchev–Trinajstić information content (AvgIpc) is 2.74. The van der Waals surface area contributed by atoms with Gasteiger partial charge in [-0.2, -0.15) is 5.10 Å². The van der Waals surface area contributed by atoms with Gasteiger partial charge < -0.3 is 5.11 Å². The number of carboxylic acid groups (broad SMARTS) is 1. The van der Waals surface area contributed by atoms with Crippen LogP contribution < -0.4 is 0 Å². The molecule has 0 radical (unpaired) electrons. The van der Waals surface area contributed by atoms with Gasteiger partial charge in [-0.15, -0.1) is 0 Å². The van der Waals surface area contributed by atoms with E-state index in [9.17, 15) is 4.79 Å². The molecule has 0 fully saturated rings. The van der Waals surface area contributed by atoms with E-state index in [2.05, 4.69) is 31.0 Å². The van der Waals surface area contributed by atoms with Crippen molar-refractivity contribution in [3.8, 4) is 5.82 Å². The van der Waals surface area contributed by atoms with Gasteiger partial charge in [0, 0.05) is 18.5 Å². The molecular weight excluding hydrogens is 308 g/mol. The lowest BCUT2D eigenvalue weighted by atomic mass is 10.6. The van der Waals surface area contributed by atoms with Crippen LogP contribution in [0.5, 0.6) is 0 Å². The van der Waals surface area contributed by atoms with Crippen LogP contribution in [0.4, 0.5) is 0 Å². The van der Waals surface area contributed by atoms with Crippen LogP contribution in [0.15, 0.2) is 34.3 Å². The van der Waals surface area contributed by atoms with Crippen LogP contribution in [0.1, 0.15) is 0 Å². The van der Waals surface area contributed by atoms with Crippen molar-refractivity contribution in [3.05, 3.63) is 29.1 Å². The second kappa shape index (κ2) is 5.28. The minimum absolute atomic E-state index is 0.0632. The van der Waals surface area contributed by atoms with Gasteiger partial charge in [0.2, 0.25) is 0 Å². The zero-order chi connectivity index (χ0) is 12.3. The summed E-state index contributed by atoms with van der Waals surface area (Å²) in [4.78, 5) is 18.6. The Bertz CT molecular complexity index is 545. The van der Waals surface area contributed by atoms with Crippen molar-refractivity contribution >= 4 is 33.7 Å². The fourth-order valence-electron chi connectivity index (χ4n) is 1.08. The third-order valence-corrected chi connectivity index (χ3v) is 2.99. The molecule has 0 spiro atoms. The van der Waals surface area contributed by atoms with E-state index in [-0.39, 0.29) is 5.75 Å². The Kier molecular flexibility index (Phi) is 3.75. The van der Waals surface area contributed by atoms with E-state index in [1.165, 1.54) is 0 Å². The highest BCUT2D eigenvalue weighted by Crippen LogP contribution is 2.15. The molecule has 8 heteroatoms. The summed E-state index contributed by atoms with van der Waals surface area (Å²) in [5.41, 5.74) is 0. The number of nitrogens with zero attached hydrogens (tertiary/aromatic N) is 4. The van der Waals surface area contributed by atoms with Crippen molar-refractivity contribution in [2.24, 2.45) is 0 Å². The maximum Gasteiger partial charge on any atom is 0.313 e. The minimum Gasteiger partial charge on any atom is -0.481 e. The number of thioether (sulfide) groups is 1. The minimum atomic E-state index is -0.897. The molecule has 2 heterocycles. The number of aliphatic carboxylic acids is 1. The molecule has 1 N–H and O–H groups in total. The Morgan fingerprint density at radius 1 is 1.59 bits per heavy atom. The highest BCUT2D eigenvalue weighted by Gasteiger charge is 2.05. The third kappa shape index (κ3) is 3.27. The van der Waals surface area contributed by atoms with Gasteiger partial charge in [-0.1, -0.05) is 11.8 Å². The lowest BCUT2D eigenvalue weighted by Crippen LogP contribution is -2.02. The largest absolute Gasteiger partial charge is 0.481 e. The maximum atomic E-state index is 10.4. The van der Waals surface area contributed by atoms with Crippen molar-refractivity contribution < 1.29 is 9.90 Å². The van der Waals surface area contributed by atoms with Crippen LogP contribution in [0.3, 0.4) is 0 Å². The monoisotopic (exact) mass is 314 g/mol. The molecule has 17 heavy (non-hydrogen) atoms. The van der Waals surface area contributed by atoms with Gasteiger partial charge in [-0.25, -0.2) is 14.6 Å². The van der Waals surface area contributed by atoms with Crippen molar-refractivity contribution in [2.45, 2.75) is 5.16 Å².